The quantitative estimate of drug-likeness (QED) is 0.777. The summed E-state index contributed by atoms with van der Waals surface area (Å²) in [6.07, 6.45) is 6.26. The molecule has 0 heterocycles. The number of imide groups is 1. The van der Waals surface area contributed by atoms with Crippen molar-refractivity contribution in [3.05, 3.63) is 0 Å². The second-order valence-corrected chi connectivity index (χ2v) is 4.60. The van der Waals surface area contributed by atoms with Crippen LogP contribution in [0.15, 0.2) is 0 Å². The number of nitrogens with one attached hydrogen (secondary N) is 1. The number of rotatable bonds is 4. The molecular formula is C12H23N3O2. The van der Waals surface area contributed by atoms with Crippen LogP contribution in [-0.4, -0.2) is 36.0 Å². The first-order valence-corrected chi connectivity index (χ1v) is 6.44. The summed E-state index contributed by atoms with van der Waals surface area (Å²) >= 11 is 0. The molecule has 1 rings (SSSR count). The minimum absolute atomic E-state index is 0.216. The summed E-state index contributed by atoms with van der Waals surface area (Å²) in [6.45, 7) is 2.31. The van der Waals surface area contributed by atoms with Gasteiger partial charge in [-0.2, -0.15) is 0 Å². The van der Waals surface area contributed by atoms with Gasteiger partial charge >= 0.3 is 6.03 Å². The summed E-state index contributed by atoms with van der Waals surface area (Å²) in [5.74, 6) is -0.216. The van der Waals surface area contributed by atoms with Crippen LogP contribution in [0.2, 0.25) is 0 Å². The summed E-state index contributed by atoms with van der Waals surface area (Å²) < 4.78 is 0. The molecule has 1 aliphatic carbocycles. The number of hydrogen-bond acceptors (Lipinski definition) is 3. The Bertz CT molecular complexity index is 262. The van der Waals surface area contributed by atoms with Crippen molar-refractivity contribution in [1.82, 2.24) is 10.2 Å². The standard InChI is InChI=1S/C12H23N3O2/c1-10(16)15(9-5-8-13)12(17)14-11-6-3-2-4-7-11/h11H,2-9,13H2,1H3,(H,14,17). The Kier molecular flexibility index (Phi) is 5.97. The summed E-state index contributed by atoms with van der Waals surface area (Å²) in [7, 11) is 0. The highest BCUT2D eigenvalue weighted by Crippen LogP contribution is 2.17. The molecule has 0 aliphatic heterocycles. The fourth-order valence-corrected chi connectivity index (χ4v) is 2.15. The van der Waals surface area contributed by atoms with Crippen LogP contribution in [0.4, 0.5) is 4.79 Å². The van der Waals surface area contributed by atoms with Gasteiger partial charge in [0, 0.05) is 19.5 Å². The monoisotopic (exact) mass is 241 g/mol. The molecule has 3 amide bonds. The summed E-state index contributed by atoms with van der Waals surface area (Å²) in [6, 6.07) is -0.0335. The molecule has 1 aliphatic rings. The number of carbonyl (C=O) groups excluding carboxylic acids is 2. The highest BCUT2D eigenvalue weighted by Gasteiger charge is 2.21. The Balaban J connectivity index is 2.43. The van der Waals surface area contributed by atoms with Gasteiger partial charge in [-0.15, -0.1) is 0 Å². The van der Waals surface area contributed by atoms with E-state index in [9.17, 15) is 9.59 Å². The van der Waals surface area contributed by atoms with Gasteiger partial charge in [-0.05, 0) is 25.8 Å². The maximum absolute atomic E-state index is 11.9. The van der Waals surface area contributed by atoms with E-state index >= 15 is 0 Å². The molecule has 0 bridgehead atoms. The van der Waals surface area contributed by atoms with Gasteiger partial charge in [-0.1, -0.05) is 19.3 Å². The third-order valence-corrected chi connectivity index (χ3v) is 3.14. The van der Waals surface area contributed by atoms with E-state index in [1.807, 2.05) is 0 Å². The highest BCUT2D eigenvalue weighted by molar-refractivity contribution is 5.93. The van der Waals surface area contributed by atoms with Crippen molar-refractivity contribution >= 4 is 11.9 Å². The molecule has 5 heteroatoms. The molecular weight excluding hydrogens is 218 g/mol. The van der Waals surface area contributed by atoms with Gasteiger partial charge in [0.15, 0.2) is 0 Å². The lowest BCUT2D eigenvalue weighted by Gasteiger charge is -2.26. The Morgan fingerprint density at radius 2 is 1.94 bits per heavy atom. The zero-order valence-electron chi connectivity index (χ0n) is 10.6. The average Bonchev–Trinajstić information content (AvgIpc) is 2.30. The molecule has 0 unspecified atom stereocenters. The minimum Gasteiger partial charge on any atom is -0.335 e. The van der Waals surface area contributed by atoms with Gasteiger partial charge in [-0.25, -0.2) is 4.79 Å². The number of carbonyl (C=O) groups is 2. The van der Waals surface area contributed by atoms with Crippen LogP contribution in [0, 0.1) is 0 Å². The SMILES string of the molecule is CC(=O)N(CCCN)C(=O)NC1CCCCC1. The largest absolute Gasteiger partial charge is 0.335 e. The van der Waals surface area contributed by atoms with Crippen molar-refractivity contribution in [3.8, 4) is 0 Å². The molecule has 0 aromatic rings. The molecule has 1 saturated carbocycles. The van der Waals surface area contributed by atoms with Crippen LogP contribution in [-0.2, 0) is 4.79 Å². The molecule has 0 aromatic carbocycles. The highest BCUT2D eigenvalue weighted by atomic mass is 16.2. The molecule has 3 N–H and O–H groups in total. The topological polar surface area (TPSA) is 75.4 Å². The molecule has 0 aromatic heterocycles. The summed E-state index contributed by atoms with van der Waals surface area (Å²) in [4.78, 5) is 24.5. The molecule has 0 radical (unpaired) electrons. The maximum atomic E-state index is 11.9. The van der Waals surface area contributed by atoms with Gasteiger partial charge in [0.05, 0.1) is 0 Å². The van der Waals surface area contributed by atoms with E-state index in [0.29, 0.717) is 19.5 Å². The second kappa shape index (κ2) is 7.27. The van der Waals surface area contributed by atoms with Crippen LogP contribution in [0.25, 0.3) is 0 Å². The first kappa shape index (κ1) is 14.0. The predicted octanol–water partition coefficient (Wildman–Crippen LogP) is 1.23. The lowest BCUT2D eigenvalue weighted by Crippen LogP contribution is -2.48. The Morgan fingerprint density at radius 3 is 2.47 bits per heavy atom. The van der Waals surface area contributed by atoms with Crippen molar-refractivity contribution in [2.75, 3.05) is 13.1 Å². The number of nitrogens with two attached hydrogens (primary N) is 1. The molecule has 0 spiro atoms. The van der Waals surface area contributed by atoms with E-state index in [-0.39, 0.29) is 18.0 Å². The van der Waals surface area contributed by atoms with Gasteiger partial charge in [0.2, 0.25) is 5.91 Å². The number of hydrogen-bond donors (Lipinski definition) is 2. The molecule has 0 atom stereocenters. The second-order valence-electron chi connectivity index (χ2n) is 4.60. The minimum atomic E-state index is -0.266. The molecule has 17 heavy (non-hydrogen) atoms. The van der Waals surface area contributed by atoms with Crippen molar-refractivity contribution in [2.45, 2.75) is 51.5 Å². The van der Waals surface area contributed by atoms with Crippen LogP contribution in [0.5, 0.6) is 0 Å². The van der Waals surface area contributed by atoms with Gasteiger partial charge in [0.1, 0.15) is 0 Å². The fraction of sp³-hybridized carbons (Fsp3) is 0.833. The zero-order valence-corrected chi connectivity index (χ0v) is 10.6. The van der Waals surface area contributed by atoms with E-state index in [1.54, 1.807) is 0 Å². The lowest BCUT2D eigenvalue weighted by molar-refractivity contribution is -0.126. The average molecular weight is 241 g/mol. The van der Waals surface area contributed by atoms with Gasteiger partial charge in [-0.3, -0.25) is 9.69 Å². The van der Waals surface area contributed by atoms with Gasteiger partial charge in [0.25, 0.3) is 0 Å². The third-order valence-electron chi connectivity index (χ3n) is 3.14. The van der Waals surface area contributed by atoms with Crippen molar-refractivity contribution in [1.29, 1.82) is 0 Å². The summed E-state index contributed by atoms with van der Waals surface area (Å²) in [5, 5.41) is 2.93. The van der Waals surface area contributed by atoms with Crippen molar-refractivity contribution in [3.63, 3.8) is 0 Å². The number of nitrogens with zero attached hydrogens (tertiary/aromatic N) is 1. The van der Waals surface area contributed by atoms with Crippen molar-refractivity contribution in [2.24, 2.45) is 5.73 Å². The first-order valence-electron chi connectivity index (χ1n) is 6.44. The molecule has 98 valence electrons. The van der Waals surface area contributed by atoms with Gasteiger partial charge < -0.3 is 11.1 Å². The van der Waals surface area contributed by atoms with E-state index < -0.39 is 0 Å². The summed E-state index contributed by atoms with van der Waals surface area (Å²) in [5.41, 5.74) is 5.39. The lowest BCUT2D eigenvalue weighted by atomic mass is 9.96. The van der Waals surface area contributed by atoms with E-state index in [2.05, 4.69) is 5.32 Å². The van der Waals surface area contributed by atoms with E-state index in [0.717, 1.165) is 25.7 Å². The van der Waals surface area contributed by atoms with Crippen LogP contribution >= 0.6 is 0 Å². The Hall–Kier alpha value is -1.10. The fourth-order valence-electron chi connectivity index (χ4n) is 2.15. The normalized spacial score (nSPS) is 16.6. The third kappa shape index (κ3) is 4.73. The first-order chi connectivity index (χ1) is 8.15. The molecule has 5 nitrogen and oxygen atoms in total. The molecule has 1 fully saturated rings. The Morgan fingerprint density at radius 1 is 1.29 bits per heavy atom. The number of urea groups is 1. The Labute approximate surface area is 103 Å². The van der Waals surface area contributed by atoms with Crippen LogP contribution in [0.3, 0.4) is 0 Å². The van der Waals surface area contributed by atoms with Crippen molar-refractivity contribution < 1.29 is 9.59 Å². The van der Waals surface area contributed by atoms with Crippen LogP contribution in [0.1, 0.15) is 45.4 Å². The van der Waals surface area contributed by atoms with E-state index in [1.165, 1.54) is 18.2 Å². The van der Waals surface area contributed by atoms with Crippen LogP contribution < -0.4 is 11.1 Å². The number of amides is 3. The molecule has 0 saturated heterocycles. The maximum Gasteiger partial charge on any atom is 0.324 e. The smallest absolute Gasteiger partial charge is 0.324 e. The zero-order chi connectivity index (χ0) is 12.7. The predicted molar refractivity (Wildman–Crippen MR) is 66.5 cm³/mol. The van der Waals surface area contributed by atoms with E-state index in [4.69, 9.17) is 5.73 Å².